The van der Waals surface area contributed by atoms with E-state index in [0.29, 0.717) is 36.8 Å². The molecule has 12 rings (SSSR count). The zero-order valence-corrected chi connectivity index (χ0v) is 47.0. The number of imidazole rings is 1. The van der Waals surface area contributed by atoms with Gasteiger partial charge in [-0.15, -0.1) is 0 Å². The quantitative estimate of drug-likeness (QED) is 0.0445. The van der Waals surface area contributed by atoms with Crippen molar-refractivity contribution in [3.8, 4) is 0 Å². The molecule has 18 atom stereocenters. The van der Waals surface area contributed by atoms with Crippen LogP contribution >= 0.6 is 21.6 Å². The number of ketones is 1. The van der Waals surface area contributed by atoms with Gasteiger partial charge in [0.1, 0.15) is 6.23 Å². The van der Waals surface area contributed by atoms with Crippen LogP contribution in [0.5, 0.6) is 0 Å². The second-order valence-corrected chi connectivity index (χ2v) is 30.4. The topological polar surface area (TPSA) is 198 Å². The van der Waals surface area contributed by atoms with Crippen LogP contribution in [0.3, 0.4) is 0 Å². The molecule has 0 radical (unpaired) electrons. The number of allylic oxidation sites excluding steroid dienone is 3. The second kappa shape index (κ2) is 19.0. The van der Waals surface area contributed by atoms with Gasteiger partial charge in [0.05, 0.1) is 30.2 Å². The maximum atomic E-state index is 15.5. The van der Waals surface area contributed by atoms with E-state index in [0.717, 1.165) is 75.5 Å². The van der Waals surface area contributed by atoms with E-state index in [4.69, 9.17) is 10.7 Å². The molecule has 18 unspecified atom stereocenters. The Morgan fingerprint density at radius 3 is 2.39 bits per heavy atom. The molecule has 74 heavy (non-hydrogen) atoms. The number of nitrogens with zero attached hydrogens (tertiary/aromatic N) is 3. The Kier molecular flexibility index (Phi) is 13.5. The number of hydrogen-bond acceptors (Lipinski definition) is 11. The van der Waals surface area contributed by atoms with Crippen LogP contribution in [0.1, 0.15) is 163 Å². The van der Waals surface area contributed by atoms with Crippen molar-refractivity contribution in [3.05, 3.63) is 52.7 Å². The molecule has 12 nitrogen and oxygen atoms in total. The molecule has 2 heterocycles. The van der Waals surface area contributed by atoms with Crippen molar-refractivity contribution in [2.75, 3.05) is 25.9 Å². The molecule has 1 aromatic heterocycles. The fourth-order valence-corrected chi connectivity index (χ4v) is 25.1. The van der Waals surface area contributed by atoms with Gasteiger partial charge in [0.2, 0.25) is 0 Å². The fraction of sp³-hybridized carbons (Fsp3) is 0.817. The number of fused-ring (bicyclic) bond motifs is 15. The summed E-state index contributed by atoms with van der Waals surface area (Å²) >= 11 is 0. The van der Waals surface area contributed by atoms with Crippen LogP contribution in [0.2, 0.25) is 0 Å². The molecule has 1 aliphatic heterocycles. The summed E-state index contributed by atoms with van der Waals surface area (Å²) < 4.78 is 2.07. The van der Waals surface area contributed by atoms with Gasteiger partial charge in [0.25, 0.3) is 0 Å². The number of guanidine groups is 1. The molecule has 0 aromatic carbocycles. The maximum absolute atomic E-state index is 15.5. The Balaban J connectivity index is 1.07. The lowest BCUT2D eigenvalue weighted by Gasteiger charge is -2.65. The minimum Gasteiger partial charge on any atom is -0.392 e. The average molecular weight is 1060 g/mol. The monoisotopic (exact) mass is 1050 g/mol. The number of nitrogens with two attached hydrogens (primary N) is 1. The van der Waals surface area contributed by atoms with E-state index < -0.39 is 52.8 Å². The summed E-state index contributed by atoms with van der Waals surface area (Å²) in [5, 5.41) is 69.6. The molecule has 8 fully saturated rings. The Labute approximate surface area is 449 Å². The third-order valence-corrected chi connectivity index (χ3v) is 26.9. The highest BCUT2D eigenvalue weighted by Gasteiger charge is 2.76. The summed E-state index contributed by atoms with van der Waals surface area (Å²) in [5.41, 5.74) is 11.1. The van der Waals surface area contributed by atoms with E-state index >= 15 is 9.90 Å². The number of aliphatic imine (C=N–C) groups is 1. The minimum atomic E-state index is -1.42. The van der Waals surface area contributed by atoms with Crippen LogP contribution in [0, 0.1) is 80.8 Å². The Morgan fingerprint density at radius 2 is 1.68 bits per heavy atom. The molecule has 14 heteroatoms. The number of carbonyl (C=O) groups is 1. The van der Waals surface area contributed by atoms with Gasteiger partial charge in [-0.2, -0.15) is 0 Å². The molecule has 9 N–H and O–H groups in total. The number of rotatable bonds is 6. The summed E-state index contributed by atoms with van der Waals surface area (Å²) in [4.78, 5) is 25.1. The molecule has 408 valence electrons. The molecule has 4 bridgehead atoms. The molecular weight excluding hydrogens is 965 g/mol. The van der Waals surface area contributed by atoms with E-state index in [1.54, 1.807) is 29.2 Å². The minimum absolute atomic E-state index is 0.0542. The molecule has 0 amide bonds. The van der Waals surface area contributed by atoms with Crippen molar-refractivity contribution in [1.82, 2.24) is 20.2 Å². The fourth-order valence-electron chi connectivity index (χ4n) is 21.3. The standard InChI is InChI=1S/C60H90N6O6S2/c1-33(67)65-54(61)64-29-35-26-57(5)41-25-45(60(57,72)42-24-43(68)50-40(30-62-6)52(70)44(69)28-56(50,4)48(35)42)59(19-9-10-20-59)74-73-31-36(66-22-21-63-32-66)27-55(2,3)51-38-15-12-18-58(16-7-8-17-58)49(38)37-14-11-13-34-23-39(41)53(71)47(51)46(34)37/h21-22,24,32-36,39-41,44-45,47-50,52-53,62,67,69-72H,7-20,23,25-31H2,1-6H3,(H3,61,64,65). The highest BCUT2D eigenvalue weighted by Crippen LogP contribution is 2.77. The summed E-state index contributed by atoms with van der Waals surface area (Å²) in [5.74, 6) is -0.230. The zero-order valence-electron chi connectivity index (χ0n) is 45.4. The number of aromatic nitrogens is 2. The molecule has 1 saturated heterocycles. The van der Waals surface area contributed by atoms with Crippen molar-refractivity contribution >= 4 is 33.3 Å². The van der Waals surface area contributed by atoms with E-state index in [1.165, 1.54) is 44.9 Å². The SMILES string of the molecule is CNCC1C(O)C(O)CC2(C)C3C(=CC(=O)C12)C1(O)C2CC(C4CC5CCCC6=C5C(C(=C5CCCC7(CCCC7)C65)C(C)(C)CC(n5ccnc5)CSSC25CCCC5)C4O)C1(C)CC3CN=C(N)NC(C)O. The Morgan fingerprint density at radius 1 is 0.946 bits per heavy atom. The molecule has 2 spiro atoms. The predicted molar refractivity (Wildman–Crippen MR) is 294 cm³/mol. The van der Waals surface area contributed by atoms with Crippen molar-refractivity contribution in [2.45, 2.75) is 198 Å². The van der Waals surface area contributed by atoms with E-state index in [1.807, 2.05) is 47.2 Å². The first kappa shape index (κ1) is 52.5. The average Bonchev–Trinajstić information content (AvgIpc) is 4.25. The van der Waals surface area contributed by atoms with Gasteiger partial charge in [0, 0.05) is 77.0 Å². The van der Waals surface area contributed by atoms with Gasteiger partial charge in [-0.1, -0.05) is 97.3 Å². The first-order chi connectivity index (χ1) is 35.3. The van der Waals surface area contributed by atoms with Crippen molar-refractivity contribution in [3.63, 3.8) is 0 Å². The summed E-state index contributed by atoms with van der Waals surface area (Å²) in [6, 6.07) is 0.172. The highest BCUT2D eigenvalue weighted by molar-refractivity contribution is 8.77. The van der Waals surface area contributed by atoms with Gasteiger partial charge < -0.3 is 46.5 Å². The van der Waals surface area contributed by atoms with E-state index in [2.05, 4.69) is 54.1 Å². The normalized spacial score (nSPS) is 45.6. The van der Waals surface area contributed by atoms with Gasteiger partial charge in [-0.05, 0) is 168 Å². The largest absolute Gasteiger partial charge is 0.392 e. The van der Waals surface area contributed by atoms with Crippen LogP contribution in [-0.2, 0) is 4.79 Å². The van der Waals surface area contributed by atoms with Crippen LogP contribution < -0.4 is 16.4 Å². The lowest BCUT2D eigenvalue weighted by Crippen LogP contribution is -2.68. The molecule has 1 aromatic rings. The molecular formula is C60H90N6O6S2. The van der Waals surface area contributed by atoms with E-state index in [9.17, 15) is 20.4 Å². The number of hydrogen-bond donors (Lipinski definition) is 8. The zero-order chi connectivity index (χ0) is 51.9. The molecule has 11 aliphatic rings. The van der Waals surface area contributed by atoms with Gasteiger partial charge >= 0.3 is 0 Å². The molecule has 10 aliphatic carbocycles. The van der Waals surface area contributed by atoms with Crippen LogP contribution in [-0.4, -0.2) is 108 Å². The van der Waals surface area contributed by atoms with Gasteiger partial charge in [-0.3, -0.25) is 9.79 Å². The van der Waals surface area contributed by atoms with Gasteiger partial charge in [0.15, 0.2) is 11.7 Å². The lowest BCUT2D eigenvalue weighted by molar-refractivity contribution is -0.185. The second-order valence-electron chi connectivity index (χ2n) is 27.7. The van der Waals surface area contributed by atoms with Crippen molar-refractivity contribution in [2.24, 2.45) is 91.6 Å². The maximum Gasteiger partial charge on any atom is 0.190 e. The lowest BCUT2D eigenvalue weighted by atomic mass is 9.40. The first-order valence-electron chi connectivity index (χ1n) is 29.5. The number of aliphatic hydroxyl groups is 5. The summed E-state index contributed by atoms with van der Waals surface area (Å²) in [6.07, 6.45) is 24.3. The van der Waals surface area contributed by atoms with Crippen molar-refractivity contribution in [1.29, 1.82) is 0 Å². The summed E-state index contributed by atoms with van der Waals surface area (Å²) in [7, 11) is 5.86. The van der Waals surface area contributed by atoms with Gasteiger partial charge in [-0.25, -0.2) is 4.98 Å². The molecule has 7 saturated carbocycles. The first-order valence-corrected chi connectivity index (χ1v) is 31.8. The highest BCUT2D eigenvalue weighted by atomic mass is 33.1. The number of nitrogens with one attached hydrogen (secondary N) is 2. The third-order valence-electron chi connectivity index (χ3n) is 23.5. The smallest absolute Gasteiger partial charge is 0.190 e. The van der Waals surface area contributed by atoms with E-state index in [-0.39, 0.29) is 69.9 Å². The van der Waals surface area contributed by atoms with Crippen LogP contribution in [0.15, 0.2) is 57.7 Å². The van der Waals surface area contributed by atoms with Crippen molar-refractivity contribution < 1.29 is 30.3 Å². The summed E-state index contributed by atoms with van der Waals surface area (Å²) in [6.45, 7) is 11.9. The Bertz CT molecular complexity index is 2460. The third kappa shape index (κ3) is 7.73. The predicted octanol–water partition coefficient (Wildman–Crippen LogP) is 8.66. The van der Waals surface area contributed by atoms with Crippen LogP contribution in [0.25, 0.3) is 0 Å². The number of aliphatic hydroxyl groups excluding tert-OH is 4. The Hall–Kier alpha value is -2.17. The van der Waals surface area contributed by atoms with Crippen LogP contribution in [0.4, 0.5) is 0 Å². The number of carbonyl (C=O) groups excluding carboxylic acids is 1.